The zero-order valence-corrected chi connectivity index (χ0v) is 21.1. The number of aliphatic hydroxyl groups excluding tert-OH is 1. The molecule has 3 aliphatic carbocycles. The molecule has 2 fully saturated rings. The average Bonchev–Trinajstić information content (AvgIpc) is 3.08. The summed E-state index contributed by atoms with van der Waals surface area (Å²) < 4.78 is 0. The summed E-state index contributed by atoms with van der Waals surface area (Å²) in [5.41, 5.74) is 9.12. The van der Waals surface area contributed by atoms with Gasteiger partial charge in [-0.1, -0.05) is 34.1 Å². The maximum atomic E-state index is 13.5. The van der Waals surface area contributed by atoms with Crippen LogP contribution in [-0.2, 0) is 4.79 Å². The number of nitrogens with zero attached hydrogens (tertiary/aromatic N) is 1. The molecule has 0 radical (unpaired) electrons. The van der Waals surface area contributed by atoms with Crippen molar-refractivity contribution < 1.29 is 9.90 Å². The number of aliphatic hydroxyl groups is 1. The van der Waals surface area contributed by atoms with Gasteiger partial charge in [-0.2, -0.15) is 0 Å². The Bertz CT molecular complexity index is 830. The minimum atomic E-state index is 0.00456. The van der Waals surface area contributed by atoms with Crippen LogP contribution in [0.1, 0.15) is 77.6 Å². The fourth-order valence-electron chi connectivity index (χ4n) is 8.17. The first-order valence-electron chi connectivity index (χ1n) is 12.6. The molecule has 2 heterocycles. The second-order valence-electron chi connectivity index (χ2n) is 11.1. The lowest BCUT2D eigenvalue weighted by Gasteiger charge is -2.54. The standard InChI is InChI=1S/C25H39N3O2S2/c1-23-10-13-31-32-16-24(9-11-27-22(26)28-24)8-2-5-19-20-14-18(23)7-6-17(4-3-12-29)25(20,23)15-21(19)30/h17-18,29H,2-16H2,1H3,(H3,26,27,28). The monoisotopic (exact) mass is 477 g/mol. The molecule has 4 N–H and O–H groups in total. The molecule has 5 aliphatic rings. The molecule has 7 heteroatoms. The maximum Gasteiger partial charge on any atom is 0.189 e. The predicted octanol–water partition coefficient (Wildman–Crippen LogP) is 4.45. The Hall–Kier alpha value is -0.660. The second kappa shape index (κ2) is 8.84. The number of Topliss-reactive ketones (excluding diaryl/α,β-unsaturated/α-hetero) is 1. The smallest absolute Gasteiger partial charge is 0.189 e. The van der Waals surface area contributed by atoms with Crippen molar-refractivity contribution in [1.29, 1.82) is 0 Å². The number of hydrogen-bond acceptors (Lipinski definition) is 7. The number of carbonyl (C=O) groups excluding carboxylic acids is 1. The van der Waals surface area contributed by atoms with E-state index in [1.165, 1.54) is 24.8 Å². The van der Waals surface area contributed by atoms with Crippen LogP contribution in [0.15, 0.2) is 16.1 Å². The summed E-state index contributed by atoms with van der Waals surface area (Å²) in [6, 6.07) is 0. The van der Waals surface area contributed by atoms with E-state index < -0.39 is 0 Å². The SMILES string of the molecule is CC12CCSSCC3(CCCC4=C5CC1CCC(CCCO)C52CC4=O)CCN=C(N)N3. The number of ketones is 1. The van der Waals surface area contributed by atoms with Gasteiger partial charge in [0.2, 0.25) is 0 Å². The van der Waals surface area contributed by atoms with Gasteiger partial charge in [-0.3, -0.25) is 9.79 Å². The number of nitrogens with one attached hydrogen (secondary N) is 1. The summed E-state index contributed by atoms with van der Waals surface area (Å²) in [5, 5.41) is 13.1. The predicted molar refractivity (Wildman–Crippen MR) is 135 cm³/mol. The van der Waals surface area contributed by atoms with Gasteiger partial charge >= 0.3 is 0 Å². The Morgan fingerprint density at radius 3 is 2.94 bits per heavy atom. The van der Waals surface area contributed by atoms with Gasteiger partial charge < -0.3 is 16.2 Å². The Labute approximate surface area is 200 Å². The highest BCUT2D eigenvalue weighted by Crippen LogP contribution is 2.74. The van der Waals surface area contributed by atoms with Crippen molar-refractivity contribution in [2.45, 2.75) is 83.1 Å². The van der Waals surface area contributed by atoms with E-state index in [-0.39, 0.29) is 23.0 Å². The number of aliphatic imine (C=N–C) groups is 1. The Morgan fingerprint density at radius 2 is 2.12 bits per heavy atom. The number of allylic oxidation sites excluding steroid dienone is 2. The van der Waals surface area contributed by atoms with Crippen LogP contribution in [-0.4, -0.2) is 47.0 Å². The first kappa shape index (κ1) is 23.1. The Balaban J connectivity index is 1.48. The fraction of sp³-hybridized carbons (Fsp3) is 0.840. The third-order valence-corrected chi connectivity index (χ3v) is 12.4. The molecule has 2 saturated carbocycles. The van der Waals surface area contributed by atoms with Crippen LogP contribution in [0.3, 0.4) is 0 Å². The first-order valence-corrected chi connectivity index (χ1v) is 15.1. The van der Waals surface area contributed by atoms with Crippen molar-refractivity contribution in [3.05, 3.63) is 11.1 Å². The molecular formula is C25H39N3O2S2. The van der Waals surface area contributed by atoms with E-state index >= 15 is 0 Å². The molecule has 5 nitrogen and oxygen atoms in total. The lowest BCUT2D eigenvalue weighted by Crippen LogP contribution is -2.56. The van der Waals surface area contributed by atoms with E-state index in [4.69, 9.17) is 5.73 Å². The quantitative estimate of drug-likeness (QED) is 0.521. The highest BCUT2D eigenvalue weighted by Gasteiger charge is 2.67. The summed E-state index contributed by atoms with van der Waals surface area (Å²) in [5.74, 6) is 4.48. The molecule has 5 atom stereocenters. The van der Waals surface area contributed by atoms with Crippen LogP contribution in [0.4, 0.5) is 0 Å². The molecule has 5 bridgehead atoms. The number of guanidine groups is 1. The summed E-state index contributed by atoms with van der Waals surface area (Å²) in [4.78, 5) is 17.9. The number of nitrogens with two attached hydrogens (primary N) is 1. The van der Waals surface area contributed by atoms with Crippen molar-refractivity contribution in [1.82, 2.24) is 5.32 Å². The largest absolute Gasteiger partial charge is 0.396 e. The van der Waals surface area contributed by atoms with E-state index in [1.807, 2.05) is 21.6 Å². The van der Waals surface area contributed by atoms with E-state index in [9.17, 15) is 9.90 Å². The minimum absolute atomic E-state index is 0.00456. The summed E-state index contributed by atoms with van der Waals surface area (Å²) in [7, 11) is 4.01. The summed E-state index contributed by atoms with van der Waals surface area (Å²) in [6.45, 7) is 3.59. The van der Waals surface area contributed by atoms with Gasteiger partial charge in [0.05, 0.1) is 5.54 Å². The molecule has 5 rings (SSSR count). The lowest BCUT2D eigenvalue weighted by molar-refractivity contribution is -0.121. The van der Waals surface area contributed by atoms with E-state index in [1.54, 1.807) is 5.57 Å². The Kier molecular flexibility index (Phi) is 6.38. The number of rotatable bonds is 3. The van der Waals surface area contributed by atoms with Gasteiger partial charge in [-0.05, 0) is 87.0 Å². The first-order chi connectivity index (χ1) is 15.4. The molecule has 0 aromatic heterocycles. The van der Waals surface area contributed by atoms with Crippen molar-refractivity contribution in [3.63, 3.8) is 0 Å². The zero-order chi connectivity index (χ0) is 22.4. The van der Waals surface area contributed by atoms with Gasteiger partial charge in [0.1, 0.15) is 0 Å². The van der Waals surface area contributed by atoms with E-state index in [0.29, 0.717) is 17.7 Å². The van der Waals surface area contributed by atoms with Crippen molar-refractivity contribution in [3.8, 4) is 0 Å². The zero-order valence-electron chi connectivity index (χ0n) is 19.5. The maximum absolute atomic E-state index is 13.5. The molecule has 0 aromatic rings. The normalized spacial score (nSPS) is 42.2. The average molecular weight is 478 g/mol. The Morgan fingerprint density at radius 1 is 1.25 bits per heavy atom. The topological polar surface area (TPSA) is 87.7 Å². The molecule has 32 heavy (non-hydrogen) atoms. The molecule has 5 unspecified atom stereocenters. The number of hydrogen-bond donors (Lipinski definition) is 3. The van der Waals surface area contributed by atoms with Gasteiger partial charge in [0, 0.05) is 36.5 Å². The second-order valence-corrected chi connectivity index (χ2v) is 13.7. The van der Waals surface area contributed by atoms with E-state index in [0.717, 1.165) is 75.3 Å². The van der Waals surface area contributed by atoms with E-state index in [2.05, 4.69) is 17.2 Å². The summed E-state index contributed by atoms with van der Waals surface area (Å²) in [6.07, 6.45) is 11.6. The molecule has 0 aromatic carbocycles. The molecule has 178 valence electrons. The molecular weight excluding hydrogens is 438 g/mol. The third-order valence-electron chi connectivity index (χ3n) is 9.79. The highest BCUT2D eigenvalue weighted by molar-refractivity contribution is 8.76. The molecule has 2 spiro atoms. The molecule has 0 amide bonds. The van der Waals surface area contributed by atoms with Crippen molar-refractivity contribution >= 4 is 33.3 Å². The minimum Gasteiger partial charge on any atom is -0.396 e. The van der Waals surface area contributed by atoms with Crippen LogP contribution >= 0.6 is 21.6 Å². The van der Waals surface area contributed by atoms with Crippen LogP contribution in [0, 0.1) is 22.7 Å². The van der Waals surface area contributed by atoms with Gasteiger partial charge in [0.25, 0.3) is 0 Å². The highest BCUT2D eigenvalue weighted by atomic mass is 33.1. The van der Waals surface area contributed by atoms with Crippen LogP contribution in [0.2, 0.25) is 0 Å². The van der Waals surface area contributed by atoms with Crippen molar-refractivity contribution in [2.75, 3.05) is 24.7 Å². The molecule has 0 saturated heterocycles. The van der Waals surface area contributed by atoms with Gasteiger partial charge in [-0.15, -0.1) is 0 Å². The molecule has 2 aliphatic heterocycles. The lowest BCUT2D eigenvalue weighted by atomic mass is 9.50. The fourth-order valence-corrected chi connectivity index (χ4v) is 11.0. The summed E-state index contributed by atoms with van der Waals surface area (Å²) >= 11 is 0. The third kappa shape index (κ3) is 3.56. The van der Waals surface area contributed by atoms with Gasteiger partial charge in [0.15, 0.2) is 11.7 Å². The van der Waals surface area contributed by atoms with Crippen LogP contribution in [0.25, 0.3) is 0 Å². The van der Waals surface area contributed by atoms with Crippen molar-refractivity contribution in [2.24, 2.45) is 33.4 Å². The van der Waals surface area contributed by atoms with Crippen LogP contribution in [0.5, 0.6) is 0 Å². The van der Waals surface area contributed by atoms with Gasteiger partial charge in [-0.25, -0.2) is 0 Å². The number of carbonyl (C=O) groups is 1. The van der Waals surface area contributed by atoms with Crippen LogP contribution < -0.4 is 11.1 Å².